The summed E-state index contributed by atoms with van der Waals surface area (Å²) in [6, 6.07) is 19.0. The van der Waals surface area contributed by atoms with Crippen molar-refractivity contribution in [2.75, 3.05) is 19.1 Å². The van der Waals surface area contributed by atoms with Crippen LogP contribution in [0.3, 0.4) is 0 Å². The number of methoxy groups -OCH3 is 2. The van der Waals surface area contributed by atoms with Crippen molar-refractivity contribution in [1.29, 1.82) is 0 Å². The molecule has 0 spiro atoms. The molecule has 0 radical (unpaired) electrons. The van der Waals surface area contributed by atoms with E-state index in [1.807, 2.05) is 62.4 Å². The number of rotatable bonds is 6. The van der Waals surface area contributed by atoms with Crippen molar-refractivity contribution in [3.63, 3.8) is 0 Å². The van der Waals surface area contributed by atoms with E-state index in [1.165, 1.54) is 7.11 Å². The molecular weight excluding hydrogens is 472 g/mol. The lowest BCUT2D eigenvalue weighted by Gasteiger charge is -2.35. The Labute approximate surface area is 214 Å². The summed E-state index contributed by atoms with van der Waals surface area (Å²) in [5.41, 5.74) is 4.35. The summed E-state index contributed by atoms with van der Waals surface area (Å²) < 4.78 is 16.3. The van der Waals surface area contributed by atoms with Gasteiger partial charge in [-0.2, -0.15) is 4.98 Å². The number of anilines is 1. The molecule has 1 unspecified atom stereocenters. The van der Waals surface area contributed by atoms with Gasteiger partial charge in [-0.25, -0.2) is 4.79 Å². The summed E-state index contributed by atoms with van der Waals surface area (Å²) in [7, 11) is 3.07. The highest BCUT2D eigenvalue weighted by Crippen LogP contribution is 2.41. The minimum Gasteiger partial charge on any atom is -0.504 e. The Balaban J connectivity index is 1.65. The highest BCUT2D eigenvalue weighted by Gasteiger charge is 2.36. The number of hydrogen-bond acceptors (Lipinski definition) is 7. The Bertz CT molecular complexity index is 1490. The maximum Gasteiger partial charge on any atom is 0.326 e. The van der Waals surface area contributed by atoms with Crippen LogP contribution in [0.25, 0.3) is 17.0 Å². The fraction of sp³-hybridized carbons (Fsp3) is 0.179. The first-order valence-electron chi connectivity index (χ1n) is 11.6. The zero-order valence-electron chi connectivity index (χ0n) is 20.9. The van der Waals surface area contributed by atoms with Crippen LogP contribution in [-0.4, -0.2) is 35.5 Å². The Morgan fingerprint density at radius 1 is 1.00 bits per heavy atom. The second-order valence-corrected chi connectivity index (χ2v) is 8.64. The zero-order valence-corrected chi connectivity index (χ0v) is 20.9. The lowest BCUT2D eigenvalue weighted by molar-refractivity contribution is 0.244. The standard InChI is InChI=1S/C28H26N4O5/c1-16-8-11-20(12-9-16)32-17(2)24(25(29-28(32)34)18-10-13-23(36-4)22(33)15-18)27-30-26(31-37-27)19-6-5-7-21(14-19)35-3/h5-15,25,33H,1-4H3,(H,29,34). The molecule has 0 fully saturated rings. The number of phenolic OH excluding ortho intramolecular Hbond substituents is 1. The first kappa shape index (κ1) is 23.9. The van der Waals surface area contributed by atoms with Gasteiger partial charge in [-0.1, -0.05) is 41.1 Å². The van der Waals surface area contributed by atoms with Crippen LogP contribution < -0.4 is 19.7 Å². The molecule has 1 aromatic heterocycles. The number of hydrogen-bond donors (Lipinski definition) is 2. The predicted molar refractivity (Wildman–Crippen MR) is 138 cm³/mol. The van der Waals surface area contributed by atoms with E-state index in [0.717, 1.165) is 11.1 Å². The number of carbonyl (C=O) groups excluding carboxylic acids is 1. The molecule has 9 heteroatoms. The van der Waals surface area contributed by atoms with Gasteiger partial charge in [0.15, 0.2) is 11.5 Å². The number of phenols is 1. The van der Waals surface area contributed by atoms with Crippen molar-refractivity contribution in [1.82, 2.24) is 15.5 Å². The minimum absolute atomic E-state index is 0.0465. The third kappa shape index (κ3) is 4.47. The maximum absolute atomic E-state index is 13.4. The fourth-order valence-electron chi connectivity index (χ4n) is 4.37. The third-order valence-electron chi connectivity index (χ3n) is 6.30. The van der Waals surface area contributed by atoms with Crippen LogP contribution in [0.15, 0.2) is 77.0 Å². The van der Waals surface area contributed by atoms with Crippen molar-refractivity contribution < 1.29 is 23.9 Å². The lowest BCUT2D eigenvalue weighted by atomic mass is 9.94. The summed E-state index contributed by atoms with van der Waals surface area (Å²) in [6.07, 6.45) is 0. The van der Waals surface area contributed by atoms with Crippen molar-refractivity contribution in [2.45, 2.75) is 19.9 Å². The molecule has 2 N–H and O–H groups in total. The van der Waals surface area contributed by atoms with Crippen molar-refractivity contribution >= 4 is 17.3 Å². The van der Waals surface area contributed by atoms with Gasteiger partial charge in [0.25, 0.3) is 5.89 Å². The molecule has 1 aliphatic rings. The molecule has 2 amide bonds. The van der Waals surface area contributed by atoms with E-state index >= 15 is 0 Å². The molecule has 1 aliphatic heterocycles. The molecule has 188 valence electrons. The summed E-state index contributed by atoms with van der Waals surface area (Å²) >= 11 is 0. The van der Waals surface area contributed by atoms with E-state index in [4.69, 9.17) is 14.0 Å². The number of carbonyl (C=O) groups is 1. The fourth-order valence-corrected chi connectivity index (χ4v) is 4.37. The molecule has 0 saturated carbocycles. The van der Waals surface area contributed by atoms with E-state index in [0.29, 0.717) is 39.8 Å². The number of benzene rings is 3. The highest BCUT2D eigenvalue weighted by molar-refractivity contribution is 6.01. The number of aromatic nitrogens is 2. The number of ether oxygens (including phenoxy) is 2. The van der Waals surface area contributed by atoms with Crippen LogP contribution in [0.4, 0.5) is 10.5 Å². The van der Waals surface area contributed by atoms with Crippen molar-refractivity contribution in [3.8, 4) is 28.6 Å². The first-order valence-corrected chi connectivity index (χ1v) is 11.6. The first-order chi connectivity index (χ1) is 17.9. The van der Waals surface area contributed by atoms with Crippen LogP contribution >= 0.6 is 0 Å². The predicted octanol–water partition coefficient (Wildman–Crippen LogP) is 5.47. The molecule has 0 saturated heterocycles. The van der Waals surface area contributed by atoms with Crippen LogP contribution in [0.5, 0.6) is 17.2 Å². The van der Waals surface area contributed by atoms with Gasteiger partial charge in [0, 0.05) is 11.3 Å². The van der Waals surface area contributed by atoms with Crippen molar-refractivity contribution in [3.05, 3.63) is 89.4 Å². The molecule has 5 rings (SSSR count). The van der Waals surface area contributed by atoms with Crippen LogP contribution in [-0.2, 0) is 0 Å². The van der Waals surface area contributed by atoms with Crippen LogP contribution in [0.2, 0.25) is 0 Å². The normalized spacial score (nSPS) is 15.5. The second kappa shape index (κ2) is 9.69. The van der Waals surface area contributed by atoms with Gasteiger partial charge < -0.3 is 24.4 Å². The molecule has 4 aromatic rings. The molecule has 0 bridgehead atoms. The molecule has 0 aliphatic carbocycles. The molecule has 1 atom stereocenters. The SMILES string of the molecule is COc1cccc(-c2noc(C3=C(C)N(c4ccc(C)cc4)C(=O)NC3c3ccc(OC)c(O)c3)n2)c1. The Kier molecular flexibility index (Phi) is 6.27. The van der Waals surface area contributed by atoms with Crippen LogP contribution in [0.1, 0.15) is 30.0 Å². The number of allylic oxidation sites excluding steroid dienone is 1. The second-order valence-electron chi connectivity index (χ2n) is 8.64. The van der Waals surface area contributed by atoms with Gasteiger partial charge >= 0.3 is 6.03 Å². The Morgan fingerprint density at radius 3 is 2.49 bits per heavy atom. The Hall–Kier alpha value is -4.79. The summed E-state index contributed by atoms with van der Waals surface area (Å²) in [5, 5.41) is 17.7. The van der Waals surface area contributed by atoms with Gasteiger partial charge in [-0.05, 0) is 55.8 Å². The zero-order chi connectivity index (χ0) is 26.1. The number of aryl methyl sites for hydroxylation is 1. The molecule has 37 heavy (non-hydrogen) atoms. The molecule has 2 heterocycles. The molecule has 9 nitrogen and oxygen atoms in total. The molecule has 3 aromatic carbocycles. The highest BCUT2D eigenvalue weighted by atomic mass is 16.5. The molecular formula is C28H26N4O5. The minimum atomic E-state index is -0.662. The van der Waals surface area contributed by atoms with E-state index in [1.54, 1.807) is 30.2 Å². The van der Waals surface area contributed by atoms with E-state index in [-0.39, 0.29) is 17.7 Å². The number of aromatic hydroxyl groups is 1. The average molecular weight is 499 g/mol. The van der Waals surface area contributed by atoms with E-state index < -0.39 is 6.04 Å². The summed E-state index contributed by atoms with van der Waals surface area (Å²) in [5.74, 6) is 1.57. The van der Waals surface area contributed by atoms with Gasteiger partial charge in [0.1, 0.15) is 5.75 Å². The van der Waals surface area contributed by atoms with Crippen molar-refractivity contribution in [2.24, 2.45) is 0 Å². The van der Waals surface area contributed by atoms with E-state index in [9.17, 15) is 9.90 Å². The number of urea groups is 1. The van der Waals surface area contributed by atoms with Gasteiger partial charge in [0.2, 0.25) is 5.82 Å². The number of nitrogens with one attached hydrogen (secondary N) is 1. The smallest absolute Gasteiger partial charge is 0.326 e. The van der Waals surface area contributed by atoms with E-state index in [2.05, 4.69) is 15.5 Å². The number of amides is 2. The van der Waals surface area contributed by atoms with Crippen LogP contribution in [0, 0.1) is 6.92 Å². The quantitative estimate of drug-likeness (QED) is 0.363. The van der Waals surface area contributed by atoms with Gasteiger partial charge in [-0.3, -0.25) is 4.90 Å². The third-order valence-corrected chi connectivity index (χ3v) is 6.30. The topological polar surface area (TPSA) is 110 Å². The summed E-state index contributed by atoms with van der Waals surface area (Å²) in [4.78, 5) is 19.6. The average Bonchev–Trinajstić information content (AvgIpc) is 3.39. The monoisotopic (exact) mass is 498 g/mol. The van der Waals surface area contributed by atoms with Gasteiger partial charge in [0.05, 0.1) is 31.5 Å². The lowest BCUT2D eigenvalue weighted by Crippen LogP contribution is -2.46. The number of nitrogens with zero attached hydrogens (tertiary/aromatic N) is 3. The Morgan fingerprint density at radius 2 is 1.78 bits per heavy atom. The summed E-state index contributed by atoms with van der Waals surface area (Å²) in [6.45, 7) is 3.82. The largest absolute Gasteiger partial charge is 0.504 e. The van der Waals surface area contributed by atoms with Gasteiger partial charge in [-0.15, -0.1) is 0 Å². The maximum atomic E-state index is 13.4.